The molecule has 1 aliphatic rings. The van der Waals surface area contributed by atoms with Crippen LogP contribution in [0.2, 0.25) is 0 Å². The lowest BCUT2D eigenvalue weighted by molar-refractivity contribution is 0.119. The van der Waals surface area contributed by atoms with E-state index in [4.69, 9.17) is 0 Å². The van der Waals surface area contributed by atoms with Gasteiger partial charge < -0.3 is 10.2 Å². The van der Waals surface area contributed by atoms with Gasteiger partial charge in [-0.15, -0.1) is 11.8 Å². The highest BCUT2D eigenvalue weighted by Crippen LogP contribution is 2.23. The lowest BCUT2D eigenvalue weighted by Crippen LogP contribution is -2.48. The second kappa shape index (κ2) is 11.3. The average molecular weight is 461 g/mol. The number of amides is 2. The summed E-state index contributed by atoms with van der Waals surface area (Å²) in [4.78, 5) is 23.7. The van der Waals surface area contributed by atoms with Crippen molar-refractivity contribution in [3.05, 3.63) is 89.7 Å². The molecule has 3 aromatic rings. The lowest BCUT2D eigenvalue weighted by atomic mass is 10.0. The molecule has 2 heterocycles. The Hall–Kier alpha value is -2.83. The summed E-state index contributed by atoms with van der Waals surface area (Å²) >= 11 is 1.69. The van der Waals surface area contributed by atoms with Gasteiger partial charge in [-0.2, -0.15) is 0 Å². The minimum absolute atomic E-state index is 0.0586. The van der Waals surface area contributed by atoms with Gasteiger partial charge in [0.1, 0.15) is 0 Å². The zero-order valence-electron chi connectivity index (χ0n) is 19.4. The molecule has 5 nitrogen and oxygen atoms in total. The number of hydrogen-bond acceptors (Lipinski definition) is 4. The van der Waals surface area contributed by atoms with Crippen LogP contribution < -0.4 is 5.32 Å². The summed E-state index contributed by atoms with van der Waals surface area (Å²) in [5.74, 6) is 0. The number of carbonyl (C=O) groups is 1. The second-order valence-corrected chi connectivity index (χ2v) is 9.43. The van der Waals surface area contributed by atoms with Crippen LogP contribution >= 0.6 is 11.8 Å². The number of aromatic nitrogens is 1. The number of nitrogens with one attached hydrogen (secondary N) is 1. The predicted octanol–water partition coefficient (Wildman–Crippen LogP) is 5.81. The number of urea groups is 1. The third kappa shape index (κ3) is 6.59. The van der Waals surface area contributed by atoms with E-state index >= 15 is 0 Å². The van der Waals surface area contributed by atoms with Crippen LogP contribution in [0.3, 0.4) is 0 Å². The fraction of sp³-hybridized carbons (Fsp3) is 0.333. The number of aryl methyl sites for hydroxylation is 1. The molecule has 1 fully saturated rings. The molecule has 2 aromatic carbocycles. The van der Waals surface area contributed by atoms with Crippen LogP contribution in [0.4, 0.5) is 10.5 Å². The fourth-order valence-corrected chi connectivity index (χ4v) is 4.74. The second-order valence-electron chi connectivity index (χ2n) is 8.55. The van der Waals surface area contributed by atoms with Gasteiger partial charge in [0.25, 0.3) is 0 Å². The lowest BCUT2D eigenvalue weighted by Gasteiger charge is -2.38. The molecule has 0 bridgehead atoms. The molecule has 33 heavy (non-hydrogen) atoms. The molecule has 1 saturated heterocycles. The standard InChI is InChI=1S/C27H32N4OS/c1-21-7-6-10-24(28-21)20-31(27(32)29-23-11-13-26(33-2)14-12-23)25-15-17-30(18-16-25)19-22-8-4-3-5-9-22/h3-14,25H,15-20H2,1-2H3,(H,29,32). The van der Waals surface area contributed by atoms with E-state index in [9.17, 15) is 4.79 Å². The van der Waals surface area contributed by atoms with Crippen LogP contribution in [0, 0.1) is 6.92 Å². The van der Waals surface area contributed by atoms with Gasteiger partial charge in [-0.05, 0) is 68.0 Å². The Morgan fingerprint density at radius 3 is 2.42 bits per heavy atom. The maximum absolute atomic E-state index is 13.4. The zero-order valence-corrected chi connectivity index (χ0v) is 20.2. The van der Waals surface area contributed by atoms with Crippen LogP contribution in [0.1, 0.15) is 29.8 Å². The van der Waals surface area contributed by atoms with Crippen molar-refractivity contribution in [3.8, 4) is 0 Å². The van der Waals surface area contributed by atoms with Gasteiger partial charge >= 0.3 is 6.03 Å². The largest absolute Gasteiger partial charge is 0.322 e. The summed E-state index contributed by atoms with van der Waals surface area (Å²) in [6.07, 6.45) is 3.96. The molecule has 1 aliphatic heterocycles. The SMILES string of the molecule is CSc1ccc(NC(=O)N(Cc2cccc(C)n2)C2CCN(Cc3ccccc3)CC2)cc1. The third-order valence-corrected chi connectivity index (χ3v) is 6.87. The highest BCUT2D eigenvalue weighted by molar-refractivity contribution is 7.98. The smallest absolute Gasteiger partial charge is 0.316 e. The molecule has 2 amide bonds. The molecule has 1 aromatic heterocycles. The Morgan fingerprint density at radius 1 is 1.03 bits per heavy atom. The predicted molar refractivity (Wildman–Crippen MR) is 136 cm³/mol. The van der Waals surface area contributed by atoms with E-state index in [0.29, 0.717) is 6.54 Å². The molecule has 6 heteroatoms. The molecule has 0 atom stereocenters. The quantitative estimate of drug-likeness (QED) is 0.452. The molecular weight excluding hydrogens is 428 g/mol. The van der Waals surface area contributed by atoms with Gasteiger partial charge in [0.15, 0.2) is 0 Å². The molecular formula is C27H32N4OS. The normalized spacial score (nSPS) is 14.7. The highest BCUT2D eigenvalue weighted by Gasteiger charge is 2.28. The van der Waals surface area contributed by atoms with Crippen LogP contribution in [0.25, 0.3) is 0 Å². The molecule has 0 aliphatic carbocycles. The number of thioether (sulfide) groups is 1. The van der Waals surface area contributed by atoms with Gasteiger partial charge in [0, 0.05) is 42.0 Å². The van der Waals surface area contributed by atoms with Crippen LogP contribution in [-0.2, 0) is 13.1 Å². The topological polar surface area (TPSA) is 48.5 Å². The number of benzene rings is 2. The molecule has 0 saturated carbocycles. The maximum atomic E-state index is 13.4. The van der Waals surface area contributed by atoms with Crippen molar-refractivity contribution in [1.29, 1.82) is 0 Å². The summed E-state index contributed by atoms with van der Waals surface area (Å²) < 4.78 is 0. The van der Waals surface area contributed by atoms with Gasteiger partial charge in [-0.3, -0.25) is 9.88 Å². The molecule has 0 radical (unpaired) electrons. The van der Waals surface area contributed by atoms with Crippen LogP contribution in [-0.4, -0.2) is 46.2 Å². The number of carbonyl (C=O) groups excluding carboxylic acids is 1. The van der Waals surface area contributed by atoms with Crippen molar-refractivity contribution in [1.82, 2.24) is 14.8 Å². The van der Waals surface area contributed by atoms with E-state index in [2.05, 4.69) is 45.5 Å². The minimum atomic E-state index is -0.0586. The van der Waals surface area contributed by atoms with Gasteiger partial charge in [0.2, 0.25) is 0 Å². The first-order chi connectivity index (χ1) is 16.1. The Kier molecular flexibility index (Phi) is 8.02. The zero-order chi connectivity index (χ0) is 23.0. The third-order valence-electron chi connectivity index (χ3n) is 6.13. The molecule has 172 valence electrons. The van der Waals surface area contributed by atoms with E-state index < -0.39 is 0 Å². The highest BCUT2D eigenvalue weighted by atomic mass is 32.2. The van der Waals surface area contributed by atoms with Crippen LogP contribution in [0.15, 0.2) is 77.7 Å². The number of likely N-dealkylation sites (tertiary alicyclic amines) is 1. The van der Waals surface area contributed by atoms with Gasteiger partial charge in [-0.1, -0.05) is 36.4 Å². The average Bonchev–Trinajstić information content (AvgIpc) is 2.84. The fourth-order valence-electron chi connectivity index (χ4n) is 4.33. The van der Waals surface area contributed by atoms with E-state index in [1.54, 1.807) is 11.8 Å². The first-order valence-corrected chi connectivity index (χ1v) is 12.7. The van der Waals surface area contributed by atoms with Crippen molar-refractivity contribution in [2.75, 3.05) is 24.7 Å². The van der Waals surface area contributed by atoms with E-state index in [1.807, 2.05) is 60.5 Å². The first kappa shape index (κ1) is 23.3. The Balaban J connectivity index is 1.44. The van der Waals surface area contributed by atoms with Gasteiger partial charge in [-0.25, -0.2) is 4.79 Å². The Bertz CT molecular complexity index is 1030. The molecule has 0 unspecified atom stereocenters. The molecule has 0 spiro atoms. The summed E-state index contributed by atoms with van der Waals surface area (Å²) in [6, 6.07) is 24.7. The van der Waals surface area contributed by atoms with Gasteiger partial charge in [0.05, 0.1) is 12.2 Å². The van der Waals surface area contributed by atoms with Crippen molar-refractivity contribution < 1.29 is 4.79 Å². The number of nitrogens with zero attached hydrogens (tertiary/aromatic N) is 3. The minimum Gasteiger partial charge on any atom is -0.316 e. The number of hydrogen-bond donors (Lipinski definition) is 1. The number of pyridine rings is 1. The number of anilines is 1. The summed E-state index contributed by atoms with van der Waals surface area (Å²) in [5, 5.41) is 3.11. The van der Waals surface area contributed by atoms with Crippen LogP contribution in [0.5, 0.6) is 0 Å². The van der Waals surface area contributed by atoms with Crippen molar-refractivity contribution in [2.45, 2.75) is 43.8 Å². The van der Waals surface area contributed by atoms with Crippen molar-refractivity contribution in [2.24, 2.45) is 0 Å². The number of piperidine rings is 1. The summed E-state index contributed by atoms with van der Waals surface area (Å²) in [5.41, 5.74) is 4.05. The maximum Gasteiger partial charge on any atom is 0.322 e. The van der Waals surface area contributed by atoms with E-state index in [-0.39, 0.29) is 12.1 Å². The summed E-state index contributed by atoms with van der Waals surface area (Å²) in [6.45, 7) is 5.42. The van der Waals surface area contributed by atoms with Crippen molar-refractivity contribution >= 4 is 23.5 Å². The Labute approximate surface area is 201 Å². The molecule has 1 N–H and O–H groups in total. The van der Waals surface area contributed by atoms with Crippen molar-refractivity contribution in [3.63, 3.8) is 0 Å². The number of rotatable bonds is 7. The Morgan fingerprint density at radius 2 is 1.76 bits per heavy atom. The summed E-state index contributed by atoms with van der Waals surface area (Å²) in [7, 11) is 0. The molecule has 4 rings (SSSR count). The van der Waals surface area contributed by atoms with E-state index in [0.717, 1.165) is 49.6 Å². The monoisotopic (exact) mass is 460 g/mol. The van der Waals surface area contributed by atoms with E-state index in [1.165, 1.54) is 10.5 Å². The first-order valence-electron chi connectivity index (χ1n) is 11.5.